The van der Waals surface area contributed by atoms with E-state index in [9.17, 15) is 20.1 Å². The van der Waals surface area contributed by atoms with Gasteiger partial charge in [-0.25, -0.2) is 4.79 Å². The maximum Gasteiger partial charge on any atom is 0.325 e. The maximum atomic E-state index is 13.6. The Labute approximate surface area is 220 Å². The summed E-state index contributed by atoms with van der Waals surface area (Å²) in [6.45, 7) is -0.503. The van der Waals surface area contributed by atoms with Crippen molar-refractivity contribution in [1.82, 2.24) is 10.2 Å². The largest absolute Gasteiger partial charge is 0.497 e. The molecule has 0 aromatic heterocycles. The summed E-state index contributed by atoms with van der Waals surface area (Å²) in [7, 11) is 1.59. The van der Waals surface area contributed by atoms with Gasteiger partial charge in [-0.15, -0.1) is 0 Å². The normalized spacial score (nSPS) is 27.3. The first-order valence-corrected chi connectivity index (χ1v) is 12.3. The maximum absolute atomic E-state index is 13.6. The van der Waals surface area contributed by atoms with Gasteiger partial charge in [-0.05, 0) is 34.9 Å². The predicted molar refractivity (Wildman–Crippen MR) is 140 cm³/mol. The highest BCUT2D eigenvalue weighted by molar-refractivity contribution is 5.80. The van der Waals surface area contributed by atoms with Gasteiger partial charge < -0.3 is 35.8 Å². The van der Waals surface area contributed by atoms with E-state index in [1.165, 1.54) is 6.20 Å². The van der Waals surface area contributed by atoms with Crippen molar-refractivity contribution in [1.29, 1.82) is 0 Å². The van der Waals surface area contributed by atoms with Crippen LogP contribution in [-0.4, -0.2) is 70.2 Å². The van der Waals surface area contributed by atoms with E-state index in [4.69, 9.17) is 15.2 Å². The molecule has 2 aliphatic rings. The van der Waals surface area contributed by atoms with Gasteiger partial charge in [-0.1, -0.05) is 72.8 Å². The molecule has 6 N–H and O–H groups in total. The third kappa shape index (κ3) is 4.05. The summed E-state index contributed by atoms with van der Waals surface area (Å²) >= 11 is 0. The third-order valence-electron chi connectivity index (χ3n) is 7.39. The van der Waals surface area contributed by atoms with E-state index in [-0.39, 0.29) is 0 Å². The first-order chi connectivity index (χ1) is 18.4. The van der Waals surface area contributed by atoms with Crippen molar-refractivity contribution < 1.29 is 29.6 Å². The first kappa shape index (κ1) is 25.9. The van der Waals surface area contributed by atoms with E-state index < -0.39 is 48.3 Å². The Morgan fingerprint density at radius 2 is 1.50 bits per heavy atom. The van der Waals surface area contributed by atoms with E-state index in [2.05, 4.69) is 5.32 Å². The molecule has 38 heavy (non-hydrogen) atoms. The van der Waals surface area contributed by atoms with Crippen molar-refractivity contribution in [2.24, 2.45) is 5.73 Å². The summed E-state index contributed by atoms with van der Waals surface area (Å²) in [5.41, 5.74) is 7.10. The molecule has 0 spiro atoms. The Morgan fingerprint density at radius 3 is 1.97 bits per heavy atom. The fourth-order valence-corrected chi connectivity index (χ4v) is 5.51. The summed E-state index contributed by atoms with van der Waals surface area (Å²) in [4.78, 5) is 14.8. The molecule has 3 aromatic carbocycles. The molecule has 9 nitrogen and oxygen atoms in total. The number of urea groups is 1. The number of hydrogen-bond donors (Lipinski definition) is 5. The van der Waals surface area contributed by atoms with Crippen molar-refractivity contribution in [3.05, 3.63) is 114 Å². The molecule has 2 amide bonds. The molecule has 0 aliphatic carbocycles. The van der Waals surface area contributed by atoms with Gasteiger partial charge in [0.25, 0.3) is 0 Å². The molecule has 1 saturated heterocycles. The standard InChI is InChI=1S/C29H31N3O6/c1-37-22-14-12-21(13-15-22)29(19-8-4-2-5-9-19,20-10-6-3-7-11-20)28(30)16-17-32(27(36)31-28)26-25(35)24(34)23(18-33)38-26/h2-17,23-26,33-35H,18,30H2,1H3,(H,31,36)/t23-,24-,25-,26-,28?/m1/s1. The SMILES string of the molecule is COc1ccc(C(c2ccccc2)(c2ccccc2)C2(N)C=CN([C@@H]3O[C@H](CO)[C@@H](O)[C@H]3O)C(=O)N2)cc1. The van der Waals surface area contributed by atoms with Crippen LogP contribution in [0.15, 0.2) is 97.2 Å². The van der Waals surface area contributed by atoms with Crippen molar-refractivity contribution in [2.45, 2.75) is 35.6 Å². The average molecular weight is 518 g/mol. The zero-order valence-corrected chi connectivity index (χ0v) is 20.8. The fraction of sp³-hybridized carbons (Fsp3) is 0.276. The predicted octanol–water partition coefficient (Wildman–Crippen LogP) is 1.66. The van der Waals surface area contributed by atoms with Crippen LogP contribution in [-0.2, 0) is 10.2 Å². The van der Waals surface area contributed by atoms with Gasteiger partial charge in [-0.2, -0.15) is 0 Å². The van der Waals surface area contributed by atoms with Crippen LogP contribution >= 0.6 is 0 Å². The van der Waals surface area contributed by atoms with Gasteiger partial charge in [0.15, 0.2) is 6.23 Å². The number of benzene rings is 3. The number of methoxy groups -OCH3 is 1. The third-order valence-corrected chi connectivity index (χ3v) is 7.39. The number of aliphatic hydroxyl groups is 3. The number of ether oxygens (including phenoxy) is 2. The lowest BCUT2D eigenvalue weighted by Gasteiger charge is -2.51. The molecule has 0 radical (unpaired) electrons. The second kappa shape index (κ2) is 10.2. The Kier molecular flexibility index (Phi) is 6.95. The smallest absolute Gasteiger partial charge is 0.325 e. The Balaban J connectivity index is 1.69. The van der Waals surface area contributed by atoms with Crippen LogP contribution in [0, 0.1) is 0 Å². The molecule has 1 unspecified atom stereocenters. The number of nitrogens with one attached hydrogen (secondary N) is 1. The van der Waals surface area contributed by atoms with Crippen LogP contribution in [0.2, 0.25) is 0 Å². The van der Waals surface area contributed by atoms with Crippen molar-refractivity contribution in [3.63, 3.8) is 0 Å². The summed E-state index contributed by atoms with van der Waals surface area (Å²) in [6.07, 6.45) is -1.86. The zero-order chi connectivity index (χ0) is 26.9. The highest BCUT2D eigenvalue weighted by atomic mass is 16.6. The highest BCUT2D eigenvalue weighted by Gasteiger charge is 2.56. The molecule has 0 saturated carbocycles. The summed E-state index contributed by atoms with van der Waals surface area (Å²) < 4.78 is 11.0. The van der Waals surface area contributed by atoms with Crippen LogP contribution in [0.25, 0.3) is 0 Å². The average Bonchev–Trinajstić information content (AvgIpc) is 3.23. The van der Waals surface area contributed by atoms with Gasteiger partial charge in [0.1, 0.15) is 29.7 Å². The van der Waals surface area contributed by atoms with E-state index in [0.29, 0.717) is 5.75 Å². The van der Waals surface area contributed by atoms with Crippen molar-refractivity contribution in [3.8, 4) is 5.75 Å². The second-order valence-corrected chi connectivity index (χ2v) is 9.46. The molecule has 198 valence electrons. The summed E-state index contributed by atoms with van der Waals surface area (Å²) in [6, 6.07) is 26.2. The van der Waals surface area contributed by atoms with Gasteiger partial charge >= 0.3 is 6.03 Å². The Hall–Kier alpha value is -3.73. The van der Waals surface area contributed by atoms with Crippen LogP contribution < -0.4 is 15.8 Å². The number of hydrogen-bond acceptors (Lipinski definition) is 7. The van der Waals surface area contributed by atoms with E-state index >= 15 is 0 Å². The minimum atomic E-state index is -1.49. The minimum absolute atomic E-state index is 0.503. The topological polar surface area (TPSA) is 138 Å². The number of carbonyl (C=O) groups is 1. The van der Waals surface area contributed by atoms with Gasteiger partial charge in [0, 0.05) is 6.20 Å². The van der Waals surface area contributed by atoms with E-state index in [0.717, 1.165) is 21.6 Å². The molecule has 2 aliphatic heterocycles. The molecule has 1 fully saturated rings. The number of aliphatic hydroxyl groups excluding tert-OH is 3. The summed E-state index contributed by atoms with van der Waals surface area (Å²) in [5.74, 6) is 0.675. The lowest BCUT2D eigenvalue weighted by molar-refractivity contribution is -0.0673. The molecular formula is C29H31N3O6. The van der Waals surface area contributed by atoms with Crippen molar-refractivity contribution in [2.75, 3.05) is 13.7 Å². The van der Waals surface area contributed by atoms with Crippen LogP contribution in [0.3, 0.4) is 0 Å². The Morgan fingerprint density at radius 1 is 0.947 bits per heavy atom. The number of amides is 2. The monoisotopic (exact) mass is 517 g/mol. The van der Waals surface area contributed by atoms with Gasteiger partial charge in [-0.3, -0.25) is 4.90 Å². The highest BCUT2D eigenvalue weighted by Crippen LogP contribution is 2.47. The molecular weight excluding hydrogens is 486 g/mol. The van der Waals surface area contributed by atoms with Crippen LogP contribution in [0.4, 0.5) is 4.79 Å². The molecule has 5 atom stereocenters. The lowest BCUT2D eigenvalue weighted by Crippen LogP contribution is -2.72. The number of nitrogens with two attached hydrogens (primary N) is 1. The van der Waals surface area contributed by atoms with Crippen LogP contribution in [0.5, 0.6) is 5.75 Å². The molecule has 9 heteroatoms. The van der Waals surface area contributed by atoms with E-state index in [1.54, 1.807) is 13.2 Å². The molecule has 0 bridgehead atoms. The molecule has 5 rings (SSSR count). The quantitative estimate of drug-likeness (QED) is 0.301. The lowest BCUT2D eigenvalue weighted by atomic mass is 9.61. The van der Waals surface area contributed by atoms with Gasteiger partial charge in [0.2, 0.25) is 0 Å². The minimum Gasteiger partial charge on any atom is -0.497 e. The molecule has 2 heterocycles. The molecule has 3 aromatic rings. The number of carbonyl (C=O) groups excluding carboxylic acids is 1. The van der Waals surface area contributed by atoms with Crippen LogP contribution in [0.1, 0.15) is 16.7 Å². The van der Waals surface area contributed by atoms with Crippen molar-refractivity contribution >= 4 is 6.03 Å². The zero-order valence-electron chi connectivity index (χ0n) is 20.8. The Bertz CT molecular complexity index is 1250. The number of nitrogens with zero attached hydrogens (tertiary/aromatic N) is 1. The summed E-state index contributed by atoms with van der Waals surface area (Å²) in [5, 5.41) is 33.2. The van der Waals surface area contributed by atoms with E-state index in [1.807, 2.05) is 84.9 Å². The first-order valence-electron chi connectivity index (χ1n) is 12.3. The second-order valence-electron chi connectivity index (χ2n) is 9.46. The van der Waals surface area contributed by atoms with Gasteiger partial charge in [0.05, 0.1) is 19.1 Å². The fourth-order valence-electron chi connectivity index (χ4n) is 5.51. The number of rotatable bonds is 7.